The van der Waals surface area contributed by atoms with Gasteiger partial charge in [-0.15, -0.1) is 0 Å². The Morgan fingerprint density at radius 2 is 2.10 bits per heavy atom. The molecule has 6 nitrogen and oxygen atoms in total. The maximum absolute atomic E-state index is 12.6. The van der Waals surface area contributed by atoms with Crippen LogP contribution in [0.2, 0.25) is 0 Å². The summed E-state index contributed by atoms with van der Waals surface area (Å²) in [6, 6.07) is 0. The van der Waals surface area contributed by atoms with E-state index in [4.69, 9.17) is 5.11 Å². The van der Waals surface area contributed by atoms with Gasteiger partial charge in [-0.3, -0.25) is 9.59 Å². The SMILES string of the molecule is O=C(O)C1CCCN(C(=O)c2cncnc2C2CC2)C1. The first-order valence-corrected chi connectivity index (χ1v) is 6.99. The van der Waals surface area contributed by atoms with E-state index >= 15 is 0 Å². The number of aliphatic carboxylic acids is 1. The molecule has 1 aromatic rings. The summed E-state index contributed by atoms with van der Waals surface area (Å²) in [5.74, 6) is -1.04. The summed E-state index contributed by atoms with van der Waals surface area (Å²) in [5, 5.41) is 9.10. The fourth-order valence-corrected chi connectivity index (χ4v) is 2.72. The molecule has 1 saturated heterocycles. The van der Waals surface area contributed by atoms with Crippen molar-refractivity contribution in [3.63, 3.8) is 0 Å². The third-order valence-electron chi connectivity index (χ3n) is 4.00. The van der Waals surface area contributed by atoms with Gasteiger partial charge in [-0.25, -0.2) is 9.97 Å². The van der Waals surface area contributed by atoms with Gasteiger partial charge in [0.05, 0.1) is 17.2 Å². The zero-order chi connectivity index (χ0) is 14.1. The average Bonchev–Trinajstić information content (AvgIpc) is 3.31. The van der Waals surface area contributed by atoms with Gasteiger partial charge in [0.15, 0.2) is 0 Å². The van der Waals surface area contributed by atoms with Crippen molar-refractivity contribution in [1.29, 1.82) is 0 Å². The molecule has 1 unspecified atom stereocenters. The van der Waals surface area contributed by atoms with E-state index in [1.165, 1.54) is 6.33 Å². The number of rotatable bonds is 3. The zero-order valence-electron chi connectivity index (χ0n) is 11.2. The minimum Gasteiger partial charge on any atom is -0.481 e. The van der Waals surface area contributed by atoms with Crippen LogP contribution in [0.15, 0.2) is 12.5 Å². The smallest absolute Gasteiger partial charge is 0.308 e. The van der Waals surface area contributed by atoms with Crippen molar-refractivity contribution in [3.05, 3.63) is 23.8 Å². The molecule has 1 aliphatic heterocycles. The first kappa shape index (κ1) is 13.0. The highest BCUT2D eigenvalue weighted by Crippen LogP contribution is 2.40. The molecule has 20 heavy (non-hydrogen) atoms. The van der Waals surface area contributed by atoms with E-state index in [0.29, 0.717) is 24.4 Å². The first-order valence-electron chi connectivity index (χ1n) is 6.99. The van der Waals surface area contributed by atoms with Gasteiger partial charge >= 0.3 is 5.97 Å². The van der Waals surface area contributed by atoms with Crippen LogP contribution in [-0.2, 0) is 4.79 Å². The van der Waals surface area contributed by atoms with Gasteiger partial charge < -0.3 is 10.0 Å². The Labute approximate surface area is 116 Å². The molecule has 1 N–H and O–H groups in total. The van der Waals surface area contributed by atoms with E-state index in [1.54, 1.807) is 11.1 Å². The molecule has 1 aliphatic carbocycles. The molecule has 2 fully saturated rings. The van der Waals surface area contributed by atoms with Crippen LogP contribution < -0.4 is 0 Å². The van der Waals surface area contributed by atoms with Crippen molar-refractivity contribution >= 4 is 11.9 Å². The highest BCUT2D eigenvalue weighted by Gasteiger charge is 2.33. The Kier molecular flexibility index (Phi) is 3.38. The third-order valence-corrected chi connectivity index (χ3v) is 4.00. The molecule has 0 spiro atoms. The molecule has 0 radical (unpaired) electrons. The molecule has 1 aromatic heterocycles. The van der Waals surface area contributed by atoms with Crippen molar-refractivity contribution in [2.45, 2.75) is 31.6 Å². The summed E-state index contributed by atoms with van der Waals surface area (Å²) in [7, 11) is 0. The van der Waals surface area contributed by atoms with Gasteiger partial charge in [-0.2, -0.15) is 0 Å². The lowest BCUT2D eigenvalue weighted by atomic mass is 9.97. The average molecular weight is 275 g/mol. The molecular formula is C14H17N3O3. The lowest BCUT2D eigenvalue weighted by Gasteiger charge is -2.31. The van der Waals surface area contributed by atoms with Crippen LogP contribution in [0, 0.1) is 5.92 Å². The molecule has 1 amide bonds. The Morgan fingerprint density at radius 3 is 2.80 bits per heavy atom. The quantitative estimate of drug-likeness (QED) is 0.898. The van der Waals surface area contributed by atoms with Crippen LogP contribution in [0.3, 0.4) is 0 Å². The molecule has 6 heteroatoms. The number of carboxylic acids is 1. The molecule has 2 aliphatic rings. The Hall–Kier alpha value is -1.98. The van der Waals surface area contributed by atoms with E-state index in [1.807, 2.05) is 0 Å². The van der Waals surface area contributed by atoms with E-state index in [2.05, 4.69) is 9.97 Å². The summed E-state index contributed by atoms with van der Waals surface area (Å²) in [6.45, 7) is 0.898. The summed E-state index contributed by atoms with van der Waals surface area (Å²) in [5.41, 5.74) is 1.36. The highest BCUT2D eigenvalue weighted by molar-refractivity contribution is 5.95. The Bertz CT molecular complexity index is 542. The van der Waals surface area contributed by atoms with Crippen LogP contribution in [0.5, 0.6) is 0 Å². The maximum atomic E-state index is 12.6. The molecule has 0 aromatic carbocycles. The second kappa shape index (κ2) is 5.19. The monoisotopic (exact) mass is 275 g/mol. The number of amides is 1. The summed E-state index contributed by atoms with van der Waals surface area (Å²) in [4.78, 5) is 33.5. The maximum Gasteiger partial charge on any atom is 0.308 e. The number of aromatic nitrogens is 2. The Morgan fingerprint density at radius 1 is 1.30 bits per heavy atom. The van der Waals surface area contributed by atoms with Crippen molar-refractivity contribution in [3.8, 4) is 0 Å². The summed E-state index contributed by atoms with van der Waals surface area (Å²) >= 11 is 0. The Balaban J connectivity index is 1.80. The molecule has 1 saturated carbocycles. The second-order valence-corrected chi connectivity index (χ2v) is 5.52. The summed E-state index contributed by atoms with van der Waals surface area (Å²) < 4.78 is 0. The van der Waals surface area contributed by atoms with Gasteiger partial charge in [-0.05, 0) is 25.7 Å². The largest absolute Gasteiger partial charge is 0.481 e. The molecular weight excluding hydrogens is 258 g/mol. The molecule has 2 heterocycles. The zero-order valence-corrected chi connectivity index (χ0v) is 11.2. The predicted molar refractivity (Wildman–Crippen MR) is 70.3 cm³/mol. The molecule has 3 rings (SSSR count). The van der Waals surface area contributed by atoms with E-state index in [-0.39, 0.29) is 12.5 Å². The van der Waals surface area contributed by atoms with Gasteiger partial charge in [-0.1, -0.05) is 0 Å². The highest BCUT2D eigenvalue weighted by atomic mass is 16.4. The van der Waals surface area contributed by atoms with Crippen LogP contribution in [0.1, 0.15) is 47.7 Å². The second-order valence-electron chi connectivity index (χ2n) is 5.52. The van der Waals surface area contributed by atoms with Crippen molar-refractivity contribution in [2.75, 3.05) is 13.1 Å². The number of carbonyl (C=O) groups excluding carboxylic acids is 1. The minimum atomic E-state index is -0.825. The topological polar surface area (TPSA) is 83.4 Å². The number of carbonyl (C=O) groups is 2. The fraction of sp³-hybridized carbons (Fsp3) is 0.571. The lowest BCUT2D eigenvalue weighted by molar-refractivity contribution is -0.143. The van der Waals surface area contributed by atoms with Gasteiger partial charge in [0.2, 0.25) is 0 Å². The number of nitrogens with zero attached hydrogens (tertiary/aromatic N) is 3. The van der Waals surface area contributed by atoms with Crippen LogP contribution >= 0.6 is 0 Å². The number of hydrogen-bond acceptors (Lipinski definition) is 4. The van der Waals surface area contributed by atoms with Crippen LogP contribution in [0.25, 0.3) is 0 Å². The van der Waals surface area contributed by atoms with E-state index in [9.17, 15) is 9.59 Å². The standard InChI is InChI=1S/C14H17N3O3/c18-13(17-5-1-2-10(7-17)14(19)20)11-6-15-8-16-12(11)9-3-4-9/h6,8-10H,1-5,7H2,(H,19,20). The lowest BCUT2D eigenvalue weighted by Crippen LogP contribution is -2.42. The van der Waals surface area contributed by atoms with Crippen molar-refractivity contribution < 1.29 is 14.7 Å². The van der Waals surface area contributed by atoms with Gasteiger partial charge in [0, 0.05) is 25.2 Å². The summed E-state index contributed by atoms with van der Waals surface area (Å²) in [6.07, 6.45) is 6.53. The minimum absolute atomic E-state index is 0.126. The number of hydrogen-bond donors (Lipinski definition) is 1. The third kappa shape index (κ3) is 2.50. The van der Waals surface area contributed by atoms with Crippen molar-refractivity contribution in [2.24, 2.45) is 5.92 Å². The molecule has 0 bridgehead atoms. The number of piperidine rings is 1. The fourth-order valence-electron chi connectivity index (χ4n) is 2.72. The first-order chi connectivity index (χ1) is 9.66. The van der Waals surface area contributed by atoms with E-state index in [0.717, 1.165) is 25.0 Å². The number of likely N-dealkylation sites (tertiary alicyclic amines) is 1. The predicted octanol–water partition coefficient (Wildman–Crippen LogP) is 1.29. The molecule has 1 atom stereocenters. The number of carboxylic acid groups (broad SMARTS) is 1. The van der Waals surface area contributed by atoms with Gasteiger partial charge in [0.1, 0.15) is 6.33 Å². The van der Waals surface area contributed by atoms with Crippen LogP contribution in [-0.4, -0.2) is 44.9 Å². The molecule has 106 valence electrons. The normalized spacial score (nSPS) is 22.6. The van der Waals surface area contributed by atoms with Crippen molar-refractivity contribution in [1.82, 2.24) is 14.9 Å². The van der Waals surface area contributed by atoms with Gasteiger partial charge in [0.25, 0.3) is 5.91 Å². The van der Waals surface area contributed by atoms with Crippen LogP contribution in [0.4, 0.5) is 0 Å². The van der Waals surface area contributed by atoms with E-state index < -0.39 is 11.9 Å².